The predicted octanol–water partition coefficient (Wildman–Crippen LogP) is 3.48. The van der Waals surface area contributed by atoms with Crippen LogP contribution in [0.1, 0.15) is 41.3 Å². The zero-order valence-electron chi connectivity index (χ0n) is 15.0. The molecule has 0 saturated carbocycles. The van der Waals surface area contributed by atoms with Gasteiger partial charge in [-0.2, -0.15) is 0 Å². The third-order valence-electron chi connectivity index (χ3n) is 4.57. The van der Waals surface area contributed by atoms with E-state index in [1.165, 1.54) is 18.2 Å². The largest absolute Gasteiger partial charge is 0.345 e. The fourth-order valence-corrected chi connectivity index (χ4v) is 4.08. The lowest BCUT2D eigenvalue weighted by Crippen LogP contribution is -2.25. The number of pyridine rings is 1. The van der Waals surface area contributed by atoms with Gasteiger partial charge in [-0.05, 0) is 37.1 Å². The number of rotatable bonds is 5. The van der Waals surface area contributed by atoms with Crippen molar-refractivity contribution in [3.63, 3.8) is 0 Å². The average Bonchev–Trinajstić information content (AvgIpc) is 2.93. The van der Waals surface area contributed by atoms with Gasteiger partial charge in [0.1, 0.15) is 10.9 Å². The summed E-state index contributed by atoms with van der Waals surface area (Å²) in [5.74, 6) is 1.70. The molecule has 0 aliphatic carbocycles. The molecular formula is C20H21N5OS. The average molecular weight is 379 g/mol. The summed E-state index contributed by atoms with van der Waals surface area (Å²) < 4.78 is 2.15. The van der Waals surface area contributed by atoms with Gasteiger partial charge in [-0.15, -0.1) is 10.2 Å². The van der Waals surface area contributed by atoms with E-state index >= 15 is 0 Å². The monoisotopic (exact) mass is 379 g/mol. The number of nitrogens with one attached hydrogen (secondary N) is 1. The van der Waals surface area contributed by atoms with E-state index in [0.717, 1.165) is 42.4 Å². The summed E-state index contributed by atoms with van der Waals surface area (Å²) >= 11 is 1.49. The number of carbonyl (C=O) groups excluding carboxylic acids is 1. The van der Waals surface area contributed by atoms with Crippen molar-refractivity contribution >= 4 is 17.7 Å². The number of amides is 1. The third-order valence-corrected chi connectivity index (χ3v) is 5.59. The number of benzene rings is 1. The van der Waals surface area contributed by atoms with E-state index in [-0.39, 0.29) is 5.91 Å². The Bertz CT molecular complexity index is 925. The fraction of sp³-hybridized carbons (Fsp3) is 0.300. The quantitative estimate of drug-likeness (QED) is 0.735. The third kappa shape index (κ3) is 4.19. The Hall–Kier alpha value is -2.67. The Morgan fingerprint density at radius 1 is 1.07 bits per heavy atom. The van der Waals surface area contributed by atoms with Crippen molar-refractivity contribution in [3.8, 4) is 0 Å². The van der Waals surface area contributed by atoms with Gasteiger partial charge in [0.05, 0.1) is 12.1 Å². The van der Waals surface area contributed by atoms with E-state index in [1.54, 1.807) is 18.3 Å². The van der Waals surface area contributed by atoms with Gasteiger partial charge in [-0.25, -0.2) is 4.98 Å². The van der Waals surface area contributed by atoms with Crippen LogP contribution in [0.3, 0.4) is 0 Å². The summed E-state index contributed by atoms with van der Waals surface area (Å²) in [5, 5.41) is 12.2. The number of hydrogen-bond acceptors (Lipinski definition) is 5. The van der Waals surface area contributed by atoms with Crippen LogP contribution in [0.25, 0.3) is 0 Å². The number of nitrogens with zero attached hydrogens (tertiary/aromatic N) is 4. The van der Waals surface area contributed by atoms with Crippen LogP contribution in [0.2, 0.25) is 0 Å². The summed E-state index contributed by atoms with van der Waals surface area (Å²) in [6.45, 7) is 1.30. The van der Waals surface area contributed by atoms with Gasteiger partial charge in [-0.3, -0.25) is 4.79 Å². The zero-order chi connectivity index (χ0) is 18.5. The molecule has 0 saturated heterocycles. The maximum absolute atomic E-state index is 12.8. The second-order valence-corrected chi connectivity index (χ2v) is 7.51. The van der Waals surface area contributed by atoms with Crippen molar-refractivity contribution in [1.82, 2.24) is 25.1 Å². The van der Waals surface area contributed by atoms with Crippen molar-refractivity contribution in [2.45, 2.75) is 48.7 Å². The molecule has 0 atom stereocenters. The second-order valence-electron chi connectivity index (χ2n) is 6.45. The molecule has 1 aliphatic heterocycles. The highest BCUT2D eigenvalue weighted by molar-refractivity contribution is 7.99. The Labute approximate surface area is 162 Å². The lowest BCUT2D eigenvalue weighted by molar-refractivity contribution is 0.0945. The van der Waals surface area contributed by atoms with Crippen molar-refractivity contribution in [2.75, 3.05) is 0 Å². The van der Waals surface area contributed by atoms with E-state index in [0.29, 0.717) is 17.1 Å². The first-order valence-corrected chi connectivity index (χ1v) is 10.00. The van der Waals surface area contributed by atoms with E-state index in [4.69, 9.17) is 0 Å². The van der Waals surface area contributed by atoms with Gasteiger partial charge in [0.25, 0.3) is 5.91 Å². The van der Waals surface area contributed by atoms with Gasteiger partial charge >= 0.3 is 0 Å². The van der Waals surface area contributed by atoms with Crippen LogP contribution in [0.15, 0.2) is 58.6 Å². The predicted molar refractivity (Wildman–Crippen MR) is 104 cm³/mol. The summed E-state index contributed by atoms with van der Waals surface area (Å²) in [4.78, 5) is 18.2. The minimum absolute atomic E-state index is 0.146. The van der Waals surface area contributed by atoms with Crippen LogP contribution >= 0.6 is 11.8 Å². The Kier molecular flexibility index (Phi) is 5.48. The van der Waals surface area contributed by atoms with E-state index < -0.39 is 0 Å². The Balaban J connectivity index is 1.47. The number of aryl methyl sites for hydroxylation is 1. The number of carbonyl (C=O) groups is 1. The molecule has 0 radical (unpaired) electrons. The summed E-state index contributed by atoms with van der Waals surface area (Å²) in [5.41, 5.74) is 0.571. The lowest BCUT2D eigenvalue weighted by atomic mass is 10.2. The molecule has 7 heteroatoms. The fourth-order valence-electron chi connectivity index (χ4n) is 3.18. The summed E-state index contributed by atoms with van der Waals surface area (Å²) in [7, 11) is 0. The Morgan fingerprint density at radius 3 is 2.85 bits per heavy atom. The van der Waals surface area contributed by atoms with Crippen LogP contribution in [-0.4, -0.2) is 25.7 Å². The molecule has 4 rings (SSSR count). The van der Waals surface area contributed by atoms with Gasteiger partial charge in [0, 0.05) is 24.1 Å². The molecule has 138 valence electrons. The van der Waals surface area contributed by atoms with E-state index in [1.807, 2.05) is 30.3 Å². The number of fused-ring (bicyclic) bond motifs is 1. The normalized spacial score (nSPS) is 13.6. The van der Waals surface area contributed by atoms with Crippen LogP contribution in [0.4, 0.5) is 0 Å². The highest BCUT2D eigenvalue weighted by Gasteiger charge is 2.17. The first-order chi connectivity index (χ1) is 13.3. The highest BCUT2D eigenvalue weighted by Crippen LogP contribution is 2.28. The standard InChI is InChI=1S/C20H21N5OS/c26-19(22-14-18-24-23-17-11-5-2-6-13-25(17)18)16-10-7-12-21-20(16)27-15-8-3-1-4-9-15/h1,3-4,7-10,12H,2,5-6,11,13-14H2,(H,22,26). The van der Waals surface area contributed by atoms with Crippen molar-refractivity contribution < 1.29 is 4.79 Å². The molecule has 3 heterocycles. The first kappa shape index (κ1) is 17.7. The molecule has 0 bridgehead atoms. The molecular weight excluding hydrogens is 358 g/mol. The molecule has 1 amide bonds. The smallest absolute Gasteiger partial charge is 0.254 e. The molecule has 1 N–H and O–H groups in total. The molecule has 2 aromatic heterocycles. The van der Waals surface area contributed by atoms with Gasteiger partial charge in [0.15, 0.2) is 5.82 Å². The number of aromatic nitrogens is 4. The topological polar surface area (TPSA) is 72.7 Å². The minimum Gasteiger partial charge on any atom is -0.345 e. The van der Waals surface area contributed by atoms with E-state index in [9.17, 15) is 4.79 Å². The minimum atomic E-state index is -0.146. The number of hydrogen-bond donors (Lipinski definition) is 1. The SMILES string of the molecule is O=C(NCc1nnc2n1CCCCC2)c1cccnc1Sc1ccccc1. The van der Waals surface area contributed by atoms with Gasteiger partial charge < -0.3 is 9.88 Å². The van der Waals surface area contributed by atoms with Crippen molar-refractivity contribution in [1.29, 1.82) is 0 Å². The van der Waals surface area contributed by atoms with E-state index in [2.05, 4.69) is 25.1 Å². The molecule has 3 aromatic rings. The van der Waals surface area contributed by atoms with Crippen molar-refractivity contribution in [3.05, 3.63) is 65.9 Å². The molecule has 6 nitrogen and oxygen atoms in total. The Morgan fingerprint density at radius 2 is 1.96 bits per heavy atom. The molecule has 0 unspecified atom stereocenters. The first-order valence-electron chi connectivity index (χ1n) is 9.18. The lowest BCUT2D eigenvalue weighted by Gasteiger charge is -2.10. The van der Waals surface area contributed by atoms with Gasteiger partial charge in [0.2, 0.25) is 0 Å². The van der Waals surface area contributed by atoms with Crippen LogP contribution < -0.4 is 5.32 Å². The summed E-state index contributed by atoms with van der Waals surface area (Å²) in [6.07, 6.45) is 6.17. The van der Waals surface area contributed by atoms with Crippen LogP contribution in [0.5, 0.6) is 0 Å². The van der Waals surface area contributed by atoms with Crippen LogP contribution in [-0.2, 0) is 19.5 Å². The van der Waals surface area contributed by atoms with Crippen molar-refractivity contribution in [2.24, 2.45) is 0 Å². The molecule has 1 aromatic carbocycles. The molecule has 0 spiro atoms. The zero-order valence-corrected chi connectivity index (χ0v) is 15.8. The highest BCUT2D eigenvalue weighted by atomic mass is 32.2. The molecule has 27 heavy (non-hydrogen) atoms. The van der Waals surface area contributed by atoms with Gasteiger partial charge in [-0.1, -0.05) is 36.4 Å². The second kappa shape index (κ2) is 8.35. The molecule has 0 fully saturated rings. The van der Waals surface area contributed by atoms with Crippen LogP contribution in [0, 0.1) is 0 Å². The maximum atomic E-state index is 12.8. The maximum Gasteiger partial charge on any atom is 0.254 e. The summed E-state index contributed by atoms with van der Waals surface area (Å²) in [6, 6.07) is 13.5. The molecule has 1 aliphatic rings.